The zero-order chi connectivity index (χ0) is 31.5. The van der Waals surface area contributed by atoms with Gasteiger partial charge in [0, 0.05) is 22.6 Å². The number of rotatable bonds is 9. The van der Waals surface area contributed by atoms with Crippen molar-refractivity contribution in [3.63, 3.8) is 0 Å². The van der Waals surface area contributed by atoms with Crippen molar-refractivity contribution in [1.29, 1.82) is 0 Å². The van der Waals surface area contributed by atoms with Gasteiger partial charge in [-0.2, -0.15) is 0 Å². The van der Waals surface area contributed by atoms with Crippen LogP contribution in [-0.2, 0) is 14.3 Å². The van der Waals surface area contributed by atoms with Gasteiger partial charge in [-0.15, -0.1) is 0 Å². The highest BCUT2D eigenvalue weighted by atomic mass is 32.1. The summed E-state index contributed by atoms with van der Waals surface area (Å²) in [6.45, 7) is 12.1. The monoisotopic (exact) mass is 613 g/mol. The molecule has 5 rings (SSSR count). The Morgan fingerprint density at radius 3 is 2.30 bits per heavy atom. The number of para-hydroxylation sites is 1. The molecule has 0 N–H and O–H groups in total. The summed E-state index contributed by atoms with van der Waals surface area (Å²) < 4.78 is 20.6. The van der Waals surface area contributed by atoms with E-state index in [1.165, 1.54) is 11.3 Å². The number of hydrogen-bond donors (Lipinski definition) is 0. The number of benzene rings is 2. The van der Waals surface area contributed by atoms with Gasteiger partial charge in [0.1, 0.15) is 11.8 Å². The van der Waals surface area contributed by atoms with Crippen molar-refractivity contribution in [3.8, 4) is 11.4 Å². The molecule has 44 heavy (non-hydrogen) atoms. The first kappa shape index (κ1) is 30.7. The Bertz CT molecular complexity index is 1950. The molecule has 0 radical (unpaired) electrons. The van der Waals surface area contributed by atoms with E-state index in [4.69, 9.17) is 14.2 Å². The lowest BCUT2D eigenvalue weighted by molar-refractivity contribution is -0.139. The maximum atomic E-state index is 14.1. The molecule has 10 heteroatoms. The zero-order valence-electron chi connectivity index (χ0n) is 25.7. The molecule has 1 atom stereocenters. The predicted octanol–water partition coefficient (Wildman–Crippen LogP) is 4.78. The van der Waals surface area contributed by atoms with Crippen LogP contribution in [0.1, 0.15) is 66.6 Å². The minimum Gasteiger partial charge on any atom is -0.494 e. The van der Waals surface area contributed by atoms with Gasteiger partial charge in [0.15, 0.2) is 4.80 Å². The third-order valence-electron chi connectivity index (χ3n) is 7.42. The molecule has 0 saturated carbocycles. The van der Waals surface area contributed by atoms with Gasteiger partial charge < -0.3 is 18.8 Å². The van der Waals surface area contributed by atoms with Crippen molar-refractivity contribution >= 4 is 29.4 Å². The predicted molar refractivity (Wildman–Crippen MR) is 169 cm³/mol. The van der Waals surface area contributed by atoms with E-state index in [1.54, 1.807) is 37.5 Å². The third kappa shape index (κ3) is 5.65. The van der Waals surface area contributed by atoms with Gasteiger partial charge in [0.25, 0.3) is 5.56 Å². The number of aryl methyl sites for hydroxylation is 1. The van der Waals surface area contributed by atoms with Crippen LogP contribution in [0.5, 0.6) is 5.75 Å². The van der Waals surface area contributed by atoms with Crippen LogP contribution in [0.25, 0.3) is 11.8 Å². The van der Waals surface area contributed by atoms with E-state index >= 15 is 0 Å². The van der Waals surface area contributed by atoms with Gasteiger partial charge in [-0.25, -0.2) is 14.6 Å². The summed E-state index contributed by atoms with van der Waals surface area (Å²) in [5, 5.41) is 0. The Hall–Kier alpha value is -4.70. The molecule has 0 saturated heterocycles. The molecule has 1 aliphatic rings. The van der Waals surface area contributed by atoms with Crippen molar-refractivity contribution < 1.29 is 23.8 Å². The Morgan fingerprint density at radius 2 is 1.61 bits per heavy atom. The van der Waals surface area contributed by atoms with Crippen molar-refractivity contribution in [2.45, 2.75) is 47.6 Å². The highest BCUT2D eigenvalue weighted by molar-refractivity contribution is 7.07. The van der Waals surface area contributed by atoms with E-state index in [-0.39, 0.29) is 18.1 Å². The van der Waals surface area contributed by atoms with Crippen LogP contribution in [-0.4, -0.2) is 40.9 Å². The molecule has 0 fully saturated rings. The fraction of sp³-hybridized carbons (Fsp3) is 0.294. The smallest absolute Gasteiger partial charge is 0.338 e. The van der Waals surface area contributed by atoms with Gasteiger partial charge in [-0.1, -0.05) is 29.5 Å². The molecule has 228 valence electrons. The summed E-state index contributed by atoms with van der Waals surface area (Å²) in [7, 11) is 0. The number of carbonyl (C=O) groups is 2. The first-order valence-corrected chi connectivity index (χ1v) is 15.4. The van der Waals surface area contributed by atoms with Crippen LogP contribution in [0, 0.1) is 13.8 Å². The zero-order valence-corrected chi connectivity index (χ0v) is 26.5. The van der Waals surface area contributed by atoms with E-state index < -0.39 is 12.0 Å². The molecule has 0 aliphatic carbocycles. The Labute approximate surface area is 259 Å². The summed E-state index contributed by atoms with van der Waals surface area (Å²) in [6, 6.07) is 15.9. The number of nitrogens with zero attached hydrogens (tertiary/aromatic N) is 3. The van der Waals surface area contributed by atoms with Gasteiger partial charge in [0.2, 0.25) is 0 Å². The van der Waals surface area contributed by atoms with Gasteiger partial charge in [-0.3, -0.25) is 9.36 Å². The van der Waals surface area contributed by atoms with Crippen molar-refractivity contribution in [1.82, 2.24) is 9.13 Å². The number of allylic oxidation sites excluding steroid dienone is 1. The summed E-state index contributed by atoms with van der Waals surface area (Å²) in [5.41, 5.74) is 5.36. The Balaban J connectivity index is 1.64. The van der Waals surface area contributed by atoms with E-state index in [1.807, 2.05) is 69.3 Å². The summed E-state index contributed by atoms with van der Waals surface area (Å²) in [4.78, 5) is 44.7. The molecular formula is C34H35N3O6S. The number of aromatic nitrogens is 2. The Kier molecular flexibility index (Phi) is 9.01. The van der Waals surface area contributed by atoms with E-state index in [9.17, 15) is 14.4 Å². The van der Waals surface area contributed by atoms with Crippen LogP contribution in [0.3, 0.4) is 0 Å². The number of thiazole rings is 1. The van der Waals surface area contributed by atoms with Crippen LogP contribution >= 0.6 is 11.3 Å². The molecule has 1 unspecified atom stereocenters. The molecule has 4 aromatic rings. The van der Waals surface area contributed by atoms with Crippen molar-refractivity contribution in [2.75, 3.05) is 19.8 Å². The molecular weight excluding hydrogens is 578 g/mol. The molecule has 1 aliphatic heterocycles. The lowest BCUT2D eigenvalue weighted by atomic mass is 9.95. The SMILES string of the molecule is CCOC(=O)C1=C(C)N=c2s/c(=C\c3cc(C)n(-c4ccc(C(=O)OCC)cc4)c3C)c(=O)n2C1c1ccccc1OCC. The molecule has 2 aromatic carbocycles. The highest BCUT2D eigenvalue weighted by Crippen LogP contribution is 2.36. The van der Waals surface area contributed by atoms with Crippen LogP contribution in [0.2, 0.25) is 0 Å². The number of hydrogen-bond acceptors (Lipinski definition) is 8. The maximum Gasteiger partial charge on any atom is 0.338 e. The molecule has 3 heterocycles. The molecule has 0 bridgehead atoms. The second-order valence-corrected chi connectivity index (χ2v) is 11.2. The minimum atomic E-state index is -0.763. The van der Waals surface area contributed by atoms with E-state index in [0.29, 0.717) is 50.7 Å². The fourth-order valence-corrected chi connectivity index (χ4v) is 6.55. The van der Waals surface area contributed by atoms with Gasteiger partial charge in [-0.05, 0) is 89.6 Å². The van der Waals surface area contributed by atoms with E-state index in [2.05, 4.69) is 9.56 Å². The minimum absolute atomic E-state index is 0.195. The number of ether oxygens (including phenoxy) is 3. The third-order valence-corrected chi connectivity index (χ3v) is 8.41. The van der Waals surface area contributed by atoms with Gasteiger partial charge in [0.05, 0.1) is 41.2 Å². The average Bonchev–Trinajstić information content (AvgIpc) is 3.46. The molecule has 0 spiro atoms. The normalized spacial score (nSPS) is 14.7. The standard InChI is InChI=1S/C34H35N3O6S/c1-7-41-27-13-11-10-12-26(27)30-29(33(40)43-9-3)21(5)35-34-37(30)31(38)28(44-34)19-24-18-20(4)36(22(24)6)25-16-14-23(15-17-25)32(39)42-8-2/h10-19,30H,7-9H2,1-6H3/b28-19-. The quantitative estimate of drug-likeness (QED) is 0.252. The summed E-state index contributed by atoms with van der Waals surface area (Å²) in [5.74, 6) is -0.292. The Morgan fingerprint density at radius 1 is 0.932 bits per heavy atom. The lowest BCUT2D eigenvalue weighted by Crippen LogP contribution is -2.40. The van der Waals surface area contributed by atoms with Crippen molar-refractivity contribution in [3.05, 3.63) is 114 Å². The first-order valence-electron chi connectivity index (χ1n) is 14.6. The van der Waals surface area contributed by atoms with Gasteiger partial charge >= 0.3 is 11.9 Å². The highest BCUT2D eigenvalue weighted by Gasteiger charge is 2.35. The fourth-order valence-electron chi connectivity index (χ4n) is 5.51. The second kappa shape index (κ2) is 12.9. The van der Waals surface area contributed by atoms with Crippen LogP contribution in [0.15, 0.2) is 75.7 Å². The lowest BCUT2D eigenvalue weighted by Gasteiger charge is -2.26. The first-order chi connectivity index (χ1) is 21.2. The number of fused-ring (bicyclic) bond motifs is 1. The molecule has 2 aromatic heterocycles. The second-order valence-electron chi connectivity index (χ2n) is 10.2. The average molecular weight is 614 g/mol. The summed E-state index contributed by atoms with van der Waals surface area (Å²) >= 11 is 1.28. The largest absolute Gasteiger partial charge is 0.494 e. The van der Waals surface area contributed by atoms with Crippen LogP contribution < -0.4 is 19.6 Å². The van der Waals surface area contributed by atoms with Crippen molar-refractivity contribution in [2.24, 2.45) is 4.99 Å². The number of esters is 2. The van der Waals surface area contributed by atoms with Crippen LogP contribution in [0.4, 0.5) is 0 Å². The molecule has 0 amide bonds. The topological polar surface area (TPSA) is 101 Å². The van der Waals surface area contributed by atoms with E-state index in [0.717, 1.165) is 22.6 Å². The molecule has 9 nitrogen and oxygen atoms in total. The summed E-state index contributed by atoms with van der Waals surface area (Å²) in [6.07, 6.45) is 1.87. The maximum absolute atomic E-state index is 14.1. The number of carbonyl (C=O) groups excluding carboxylic acids is 2.